The monoisotopic (exact) mass is 312 g/mol. The molecule has 0 spiro atoms. The maximum Gasteiger partial charge on any atom is 0.327 e. The lowest BCUT2D eigenvalue weighted by Crippen LogP contribution is -2.47. The average molecular weight is 312 g/mol. The van der Waals surface area contributed by atoms with Crippen LogP contribution in [0.2, 0.25) is 0 Å². The number of benzene rings is 1. The van der Waals surface area contributed by atoms with E-state index in [1.807, 2.05) is 6.92 Å². The molecule has 0 radical (unpaired) electrons. The third kappa shape index (κ3) is 3.66. The number of carboxylic acids is 1. The summed E-state index contributed by atoms with van der Waals surface area (Å²) in [5.41, 5.74) is 0.442. The SMILES string of the molecule is CCCC1SCC(C(=O)O)N1C(=O)Nc1ccc(F)cc1. The Labute approximate surface area is 126 Å². The highest BCUT2D eigenvalue weighted by molar-refractivity contribution is 8.00. The molecule has 1 heterocycles. The molecule has 2 atom stereocenters. The van der Waals surface area contributed by atoms with E-state index in [9.17, 15) is 19.1 Å². The zero-order valence-electron chi connectivity index (χ0n) is 11.6. The normalized spacial score (nSPS) is 21.3. The van der Waals surface area contributed by atoms with E-state index in [2.05, 4.69) is 5.32 Å². The van der Waals surface area contributed by atoms with Gasteiger partial charge in [0.05, 0.1) is 5.37 Å². The number of hydrogen-bond donors (Lipinski definition) is 2. The first kappa shape index (κ1) is 15.6. The first-order chi connectivity index (χ1) is 10.0. The van der Waals surface area contributed by atoms with Crippen molar-refractivity contribution in [1.82, 2.24) is 4.90 Å². The Morgan fingerprint density at radius 1 is 1.43 bits per heavy atom. The smallest absolute Gasteiger partial charge is 0.327 e. The van der Waals surface area contributed by atoms with Gasteiger partial charge in [-0.25, -0.2) is 14.0 Å². The van der Waals surface area contributed by atoms with E-state index in [0.29, 0.717) is 11.4 Å². The molecule has 114 valence electrons. The molecule has 2 N–H and O–H groups in total. The molecule has 1 aliphatic heterocycles. The second-order valence-electron chi connectivity index (χ2n) is 4.78. The molecule has 2 amide bonds. The number of urea groups is 1. The summed E-state index contributed by atoms with van der Waals surface area (Å²) in [4.78, 5) is 25.0. The fourth-order valence-electron chi connectivity index (χ4n) is 2.22. The Morgan fingerprint density at radius 2 is 2.10 bits per heavy atom. The van der Waals surface area contributed by atoms with Crippen molar-refractivity contribution in [2.24, 2.45) is 0 Å². The minimum Gasteiger partial charge on any atom is -0.480 e. The number of aliphatic carboxylic acids is 1. The first-order valence-corrected chi connectivity index (χ1v) is 7.77. The molecule has 0 aliphatic carbocycles. The molecular weight excluding hydrogens is 295 g/mol. The lowest BCUT2D eigenvalue weighted by molar-refractivity contribution is -0.141. The number of hydrogen-bond acceptors (Lipinski definition) is 3. The summed E-state index contributed by atoms with van der Waals surface area (Å²) >= 11 is 1.48. The van der Waals surface area contributed by atoms with Crippen molar-refractivity contribution in [3.05, 3.63) is 30.1 Å². The third-order valence-corrected chi connectivity index (χ3v) is 4.60. The number of thioether (sulfide) groups is 1. The van der Waals surface area contributed by atoms with Gasteiger partial charge in [0, 0.05) is 11.4 Å². The van der Waals surface area contributed by atoms with Crippen molar-refractivity contribution in [2.75, 3.05) is 11.1 Å². The van der Waals surface area contributed by atoms with Gasteiger partial charge < -0.3 is 10.4 Å². The topological polar surface area (TPSA) is 69.6 Å². The summed E-state index contributed by atoms with van der Waals surface area (Å²) in [5, 5.41) is 11.7. The standard InChI is InChI=1S/C14H17FN2O3S/c1-2-3-12-17(11(8-21-12)13(18)19)14(20)16-10-6-4-9(15)5-7-10/h4-7,11-12H,2-3,8H2,1H3,(H,16,20)(H,18,19). The molecule has 1 saturated heterocycles. The van der Waals surface area contributed by atoms with Gasteiger partial charge in [-0.3, -0.25) is 4.90 Å². The molecule has 2 rings (SSSR count). The Bertz CT molecular complexity index is 523. The number of carboxylic acid groups (broad SMARTS) is 1. The van der Waals surface area contributed by atoms with Gasteiger partial charge in [0.15, 0.2) is 0 Å². The number of anilines is 1. The fourth-order valence-corrected chi connectivity index (χ4v) is 3.73. The number of carbonyl (C=O) groups excluding carboxylic acids is 1. The van der Waals surface area contributed by atoms with Crippen LogP contribution in [0.25, 0.3) is 0 Å². The number of halogens is 1. The molecular formula is C14H17FN2O3S. The molecule has 5 nitrogen and oxygen atoms in total. The fraction of sp³-hybridized carbons (Fsp3) is 0.429. The maximum absolute atomic E-state index is 12.9. The van der Waals surface area contributed by atoms with Crippen molar-refractivity contribution in [1.29, 1.82) is 0 Å². The van der Waals surface area contributed by atoms with Gasteiger partial charge in [-0.15, -0.1) is 11.8 Å². The second kappa shape index (κ2) is 6.80. The molecule has 1 fully saturated rings. The van der Waals surface area contributed by atoms with Crippen LogP contribution >= 0.6 is 11.8 Å². The highest BCUT2D eigenvalue weighted by atomic mass is 32.2. The van der Waals surface area contributed by atoms with Crippen LogP contribution in [0.3, 0.4) is 0 Å². The average Bonchev–Trinajstić information content (AvgIpc) is 2.86. The van der Waals surface area contributed by atoms with Crippen molar-refractivity contribution < 1.29 is 19.1 Å². The van der Waals surface area contributed by atoms with Crippen LogP contribution in [0, 0.1) is 5.82 Å². The second-order valence-corrected chi connectivity index (χ2v) is 5.99. The van der Waals surface area contributed by atoms with E-state index >= 15 is 0 Å². The summed E-state index contributed by atoms with van der Waals surface area (Å²) < 4.78 is 12.9. The van der Waals surface area contributed by atoms with Gasteiger partial charge in [0.1, 0.15) is 11.9 Å². The number of amides is 2. The van der Waals surface area contributed by atoms with E-state index in [1.54, 1.807) is 0 Å². The zero-order chi connectivity index (χ0) is 15.4. The summed E-state index contributed by atoms with van der Waals surface area (Å²) in [6.07, 6.45) is 1.61. The minimum atomic E-state index is -1.00. The van der Waals surface area contributed by atoms with Crippen LogP contribution in [0.5, 0.6) is 0 Å². The molecule has 7 heteroatoms. The maximum atomic E-state index is 12.9. The Balaban J connectivity index is 2.12. The Morgan fingerprint density at radius 3 is 2.67 bits per heavy atom. The van der Waals surface area contributed by atoms with Crippen molar-refractivity contribution >= 4 is 29.4 Å². The largest absolute Gasteiger partial charge is 0.480 e. The van der Waals surface area contributed by atoms with E-state index in [0.717, 1.165) is 12.8 Å². The summed E-state index contributed by atoms with van der Waals surface area (Å²) in [6.45, 7) is 1.99. The van der Waals surface area contributed by atoms with Crippen molar-refractivity contribution in [3.8, 4) is 0 Å². The van der Waals surface area contributed by atoms with E-state index in [4.69, 9.17) is 0 Å². The van der Waals surface area contributed by atoms with Gasteiger partial charge in [-0.2, -0.15) is 0 Å². The minimum absolute atomic E-state index is 0.142. The van der Waals surface area contributed by atoms with Crippen LogP contribution in [0.1, 0.15) is 19.8 Å². The summed E-state index contributed by atoms with van der Waals surface area (Å²) in [6, 6.07) is 4.09. The predicted molar refractivity (Wildman–Crippen MR) is 79.8 cm³/mol. The highest BCUT2D eigenvalue weighted by Gasteiger charge is 2.41. The first-order valence-electron chi connectivity index (χ1n) is 6.72. The van der Waals surface area contributed by atoms with Crippen LogP contribution in [0.4, 0.5) is 14.9 Å². The lowest BCUT2D eigenvalue weighted by Gasteiger charge is -2.27. The van der Waals surface area contributed by atoms with E-state index < -0.39 is 23.9 Å². The number of rotatable bonds is 4. The number of nitrogens with one attached hydrogen (secondary N) is 1. The molecule has 0 bridgehead atoms. The Hall–Kier alpha value is -1.76. The van der Waals surface area contributed by atoms with Gasteiger partial charge in [0.25, 0.3) is 0 Å². The number of nitrogens with zero attached hydrogens (tertiary/aromatic N) is 1. The van der Waals surface area contributed by atoms with Crippen LogP contribution in [0.15, 0.2) is 24.3 Å². The van der Waals surface area contributed by atoms with Gasteiger partial charge in [-0.1, -0.05) is 13.3 Å². The van der Waals surface area contributed by atoms with E-state index in [-0.39, 0.29) is 5.37 Å². The predicted octanol–water partition coefficient (Wildman–Crippen LogP) is 2.99. The molecule has 21 heavy (non-hydrogen) atoms. The van der Waals surface area contributed by atoms with E-state index in [1.165, 1.54) is 40.9 Å². The molecule has 1 aliphatic rings. The summed E-state index contributed by atoms with van der Waals surface area (Å²) in [5.74, 6) is -1.01. The van der Waals surface area contributed by atoms with Crippen LogP contribution < -0.4 is 5.32 Å². The zero-order valence-corrected chi connectivity index (χ0v) is 12.4. The Kier molecular flexibility index (Phi) is 5.06. The molecule has 1 aromatic rings. The molecule has 1 aromatic carbocycles. The highest BCUT2D eigenvalue weighted by Crippen LogP contribution is 2.32. The van der Waals surface area contributed by atoms with Gasteiger partial charge in [0.2, 0.25) is 0 Å². The van der Waals surface area contributed by atoms with Gasteiger partial charge in [-0.05, 0) is 30.7 Å². The number of carbonyl (C=O) groups is 2. The lowest BCUT2D eigenvalue weighted by atomic mass is 10.2. The third-order valence-electron chi connectivity index (χ3n) is 3.24. The molecule has 2 unspecified atom stereocenters. The van der Waals surface area contributed by atoms with Crippen LogP contribution in [-0.2, 0) is 4.79 Å². The van der Waals surface area contributed by atoms with Crippen LogP contribution in [-0.4, -0.2) is 39.2 Å². The van der Waals surface area contributed by atoms with Crippen molar-refractivity contribution in [3.63, 3.8) is 0 Å². The van der Waals surface area contributed by atoms with Crippen molar-refractivity contribution in [2.45, 2.75) is 31.2 Å². The van der Waals surface area contributed by atoms with Gasteiger partial charge >= 0.3 is 12.0 Å². The quantitative estimate of drug-likeness (QED) is 0.897. The molecule has 0 aromatic heterocycles. The molecule has 0 saturated carbocycles. The summed E-state index contributed by atoms with van der Waals surface area (Å²) in [7, 11) is 0.